The van der Waals surface area contributed by atoms with E-state index in [0.717, 1.165) is 28.8 Å². The first-order chi connectivity index (χ1) is 6.30. The van der Waals surface area contributed by atoms with Crippen molar-refractivity contribution in [3.63, 3.8) is 0 Å². The normalized spacial score (nSPS) is 19.2. The second kappa shape index (κ2) is 2.27. The number of fused-ring (bicyclic) bond motifs is 1. The molecular formula is C9H9N3S. The lowest BCUT2D eigenvalue weighted by Crippen LogP contribution is -2.20. The van der Waals surface area contributed by atoms with Crippen LogP contribution in [0.25, 0.3) is 10.2 Å². The zero-order chi connectivity index (χ0) is 8.89. The van der Waals surface area contributed by atoms with Gasteiger partial charge in [-0.05, 0) is 24.3 Å². The van der Waals surface area contributed by atoms with Crippen LogP contribution < -0.4 is 5.73 Å². The molecule has 13 heavy (non-hydrogen) atoms. The van der Waals surface area contributed by atoms with Crippen molar-refractivity contribution in [3.05, 3.63) is 23.5 Å². The van der Waals surface area contributed by atoms with Crippen LogP contribution in [0.15, 0.2) is 17.8 Å². The van der Waals surface area contributed by atoms with E-state index in [1.54, 1.807) is 17.7 Å². The predicted molar refractivity (Wildman–Crippen MR) is 52.5 cm³/mol. The van der Waals surface area contributed by atoms with Crippen LogP contribution in [0.4, 0.5) is 0 Å². The highest BCUT2D eigenvalue weighted by atomic mass is 32.1. The molecule has 0 unspecified atom stereocenters. The molecule has 1 aliphatic rings. The van der Waals surface area contributed by atoms with Crippen molar-refractivity contribution >= 4 is 21.6 Å². The molecule has 2 aromatic heterocycles. The van der Waals surface area contributed by atoms with Crippen molar-refractivity contribution in [3.8, 4) is 0 Å². The lowest BCUT2D eigenvalue weighted by atomic mass is 10.2. The second-order valence-electron chi connectivity index (χ2n) is 3.51. The summed E-state index contributed by atoms with van der Waals surface area (Å²) in [4.78, 5) is 8.47. The summed E-state index contributed by atoms with van der Waals surface area (Å²) < 4.78 is 1.16. The van der Waals surface area contributed by atoms with Crippen LogP contribution in [0.3, 0.4) is 0 Å². The summed E-state index contributed by atoms with van der Waals surface area (Å²) in [5, 5.41) is 2.04. The summed E-state index contributed by atoms with van der Waals surface area (Å²) in [6.45, 7) is 0. The Hall–Kier alpha value is -1.000. The summed E-state index contributed by atoms with van der Waals surface area (Å²) in [6, 6.07) is 2.01. The standard InChI is InChI=1S/C9H9N3S/c10-9(2-3-9)8-7-6(1-4-13-7)11-5-12-8/h1,4-5H,2-3,10H2. The largest absolute Gasteiger partial charge is 0.320 e. The Morgan fingerprint density at radius 1 is 1.38 bits per heavy atom. The third kappa shape index (κ3) is 0.990. The van der Waals surface area contributed by atoms with Gasteiger partial charge < -0.3 is 5.73 Å². The molecule has 0 radical (unpaired) electrons. The van der Waals surface area contributed by atoms with Gasteiger partial charge >= 0.3 is 0 Å². The number of hydrogen-bond donors (Lipinski definition) is 1. The van der Waals surface area contributed by atoms with E-state index < -0.39 is 0 Å². The summed E-state index contributed by atoms with van der Waals surface area (Å²) >= 11 is 1.68. The summed E-state index contributed by atoms with van der Waals surface area (Å²) in [5.41, 5.74) is 8.02. The molecule has 0 aliphatic heterocycles. The van der Waals surface area contributed by atoms with Gasteiger partial charge in [-0.1, -0.05) is 0 Å². The van der Waals surface area contributed by atoms with Gasteiger partial charge in [0.15, 0.2) is 0 Å². The number of rotatable bonds is 1. The molecule has 1 fully saturated rings. The van der Waals surface area contributed by atoms with Gasteiger partial charge in [0.25, 0.3) is 0 Å². The van der Waals surface area contributed by atoms with Crippen LogP contribution in [0.2, 0.25) is 0 Å². The minimum atomic E-state index is -0.147. The Bertz CT molecular complexity index is 459. The highest BCUT2D eigenvalue weighted by molar-refractivity contribution is 7.17. The average molecular weight is 191 g/mol. The molecule has 0 saturated heterocycles. The summed E-state index contributed by atoms with van der Waals surface area (Å²) in [7, 11) is 0. The number of aromatic nitrogens is 2. The van der Waals surface area contributed by atoms with Crippen LogP contribution >= 0.6 is 11.3 Å². The van der Waals surface area contributed by atoms with Gasteiger partial charge in [-0.2, -0.15) is 0 Å². The molecule has 2 N–H and O–H groups in total. The van der Waals surface area contributed by atoms with E-state index in [4.69, 9.17) is 5.73 Å². The maximum atomic E-state index is 6.11. The van der Waals surface area contributed by atoms with E-state index >= 15 is 0 Å². The van der Waals surface area contributed by atoms with Gasteiger partial charge in [-0.25, -0.2) is 9.97 Å². The SMILES string of the molecule is NC1(c2ncnc3ccsc23)CC1. The van der Waals surface area contributed by atoms with Crippen molar-refractivity contribution in [1.29, 1.82) is 0 Å². The average Bonchev–Trinajstić information content (AvgIpc) is 2.72. The van der Waals surface area contributed by atoms with Crippen molar-refractivity contribution in [2.75, 3.05) is 0 Å². The lowest BCUT2D eigenvalue weighted by Gasteiger charge is -2.07. The van der Waals surface area contributed by atoms with Crippen molar-refractivity contribution in [2.24, 2.45) is 5.73 Å². The van der Waals surface area contributed by atoms with Crippen LogP contribution in [0.1, 0.15) is 18.5 Å². The molecule has 1 saturated carbocycles. The highest BCUT2D eigenvalue weighted by Gasteiger charge is 2.43. The highest BCUT2D eigenvalue weighted by Crippen LogP contribution is 2.44. The first-order valence-corrected chi connectivity index (χ1v) is 5.15. The Kier molecular flexibility index (Phi) is 1.30. The molecule has 3 rings (SSSR count). The fourth-order valence-corrected chi connectivity index (χ4v) is 2.46. The van der Waals surface area contributed by atoms with E-state index in [1.165, 1.54) is 0 Å². The maximum Gasteiger partial charge on any atom is 0.116 e. The number of nitrogens with two attached hydrogens (primary N) is 1. The summed E-state index contributed by atoms with van der Waals surface area (Å²) in [6.07, 6.45) is 3.71. The number of nitrogens with zero attached hydrogens (tertiary/aromatic N) is 2. The molecule has 66 valence electrons. The Morgan fingerprint density at radius 3 is 3.00 bits per heavy atom. The van der Waals surface area contributed by atoms with E-state index in [2.05, 4.69) is 9.97 Å². The molecule has 4 heteroatoms. The van der Waals surface area contributed by atoms with Gasteiger partial charge in [0, 0.05) is 0 Å². The monoisotopic (exact) mass is 191 g/mol. The summed E-state index contributed by atoms with van der Waals surface area (Å²) in [5.74, 6) is 0. The quantitative estimate of drug-likeness (QED) is 0.745. The molecule has 2 aromatic rings. The van der Waals surface area contributed by atoms with Gasteiger partial charge in [-0.3, -0.25) is 0 Å². The molecule has 3 nitrogen and oxygen atoms in total. The fraction of sp³-hybridized carbons (Fsp3) is 0.333. The maximum absolute atomic E-state index is 6.11. The number of thiophene rings is 1. The van der Waals surface area contributed by atoms with Crippen LogP contribution in [-0.4, -0.2) is 9.97 Å². The molecule has 0 bridgehead atoms. The zero-order valence-electron chi connectivity index (χ0n) is 7.03. The molecule has 0 atom stereocenters. The molecule has 0 amide bonds. The van der Waals surface area contributed by atoms with E-state index in [-0.39, 0.29) is 5.54 Å². The van der Waals surface area contributed by atoms with Crippen LogP contribution in [-0.2, 0) is 5.54 Å². The van der Waals surface area contributed by atoms with E-state index in [1.807, 2.05) is 11.4 Å². The molecule has 0 spiro atoms. The van der Waals surface area contributed by atoms with E-state index in [9.17, 15) is 0 Å². The van der Waals surface area contributed by atoms with Gasteiger partial charge in [0.05, 0.1) is 21.4 Å². The third-order valence-corrected chi connectivity index (χ3v) is 3.41. The first kappa shape index (κ1) is 7.41. The Morgan fingerprint density at radius 2 is 2.23 bits per heavy atom. The van der Waals surface area contributed by atoms with Crippen molar-refractivity contribution < 1.29 is 0 Å². The lowest BCUT2D eigenvalue weighted by molar-refractivity contribution is 0.715. The third-order valence-electron chi connectivity index (χ3n) is 2.50. The minimum Gasteiger partial charge on any atom is -0.320 e. The van der Waals surface area contributed by atoms with Crippen LogP contribution in [0.5, 0.6) is 0 Å². The Labute approximate surface area is 79.6 Å². The molecular weight excluding hydrogens is 182 g/mol. The first-order valence-electron chi connectivity index (χ1n) is 4.27. The number of hydrogen-bond acceptors (Lipinski definition) is 4. The fourth-order valence-electron chi connectivity index (χ4n) is 1.51. The second-order valence-corrected chi connectivity index (χ2v) is 4.43. The topological polar surface area (TPSA) is 51.8 Å². The van der Waals surface area contributed by atoms with Gasteiger partial charge in [0.2, 0.25) is 0 Å². The molecule has 1 aliphatic carbocycles. The van der Waals surface area contributed by atoms with Crippen molar-refractivity contribution in [2.45, 2.75) is 18.4 Å². The van der Waals surface area contributed by atoms with Gasteiger partial charge in [0.1, 0.15) is 6.33 Å². The van der Waals surface area contributed by atoms with E-state index in [0.29, 0.717) is 0 Å². The van der Waals surface area contributed by atoms with Crippen LogP contribution in [0, 0.1) is 0 Å². The molecule has 0 aromatic carbocycles. The Balaban J connectivity index is 2.33. The van der Waals surface area contributed by atoms with Gasteiger partial charge in [-0.15, -0.1) is 11.3 Å². The predicted octanol–water partition coefficient (Wildman–Crippen LogP) is 1.64. The zero-order valence-corrected chi connectivity index (χ0v) is 7.84. The minimum absolute atomic E-state index is 0.147. The smallest absolute Gasteiger partial charge is 0.116 e. The van der Waals surface area contributed by atoms with Crippen molar-refractivity contribution in [1.82, 2.24) is 9.97 Å². The molecule has 2 heterocycles.